The third kappa shape index (κ3) is 7.22. The van der Waals surface area contributed by atoms with Crippen molar-refractivity contribution >= 4 is 11.8 Å². The number of ketones is 1. The molecule has 2 rings (SSSR count). The summed E-state index contributed by atoms with van der Waals surface area (Å²) in [7, 11) is 0. The second-order valence-corrected chi connectivity index (χ2v) is 6.50. The normalized spacial score (nSPS) is 10.5. The fourth-order valence-electron chi connectivity index (χ4n) is 2.93. The van der Waals surface area contributed by atoms with Crippen LogP contribution in [0.5, 0.6) is 0 Å². The lowest BCUT2D eigenvalue weighted by molar-refractivity contribution is -0.143. The molecule has 0 saturated heterocycles. The lowest BCUT2D eigenvalue weighted by atomic mass is 10.00. The molecule has 0 bridgehead atoms. The second-order valence-electron chi connectivity index (χ2n) is 6.50. The Morgan fingerprint density at radius 3 is 2.19 bits per heavy atom. The number of rotatable bonds is 11. The standard InChI is InChI=1S/C23H28O3/c1-2-26-23(25)13-9-4-3-6-10-19-14-16-21(17-15-19)22(24)18-20-11-7-5-8-12-20/h5,7-8,11-12,14-17H,2-4,6,9-10,13,18H2,1H3. The largest absolute Gasteiger partial charge is 0.466 e. The van der Waals surface area contributed by atoms with Gasteiger partial charge in [0.2, 0.25) is 0 Å². The van der Waals surface area contributed by atoms with E-state index in [1.54, 1.807) is 0 Å². The van der Waals surface area contributed by atoms with Gasteiger partial charge in [-0.25, -0.2) is 0 Å². The molecule has 0 aliphatic rings. The van der Waals surface area contributed by atoms with E-state index in [2.05, 4.69) is 12.1 Å². The van der Waals surface area contributed by atoms with E-state index in [1.165, 1.54) is 5.56 Å². The van der Waals surface area contributed by atoms with E-state index in [4.69, 9.17) is 4.74 Å². The van der Waals surface area contributed by atoms with Gasteiger partial charge in [0, 0.05) is 18.4 Å². The number of esters is 1. The van der Waals surface area contributed by atoms with Crippen molar-refractivity contribution in [1.29, 1.82) is 0 Å². The van der Waals surface area contributed by atoms with Gasteiger partial charge in [-0.15, -0.1) is 0 Å². The molecule has 0 aliphatic heterocycles. The van der Waals surface area contributed by atoms with Crippen LogP contribution in [0.1, 0.15) is 60.5 Å². The first-order chi connectivity index (χ1) is 12.7. The molecule has 0 N–H and O–H groups in total. The topological polar surface area (TPSA) is 43.4 Å². The fourth-order valence-corrected chi connectivity index (χ4v) is 2.93. The number of aryl methyl sites for hydroxylation is 1. The number of carbonyl (C=O) groups excluding carboxylic acids is 2. The minimum atomic E-state index is -0.0942. The molecular formula is C23H28O3. The first-order valence-corrected chi connectivity index (χ1v) is 9.50. The zero-order valence-corrected chi connectivity index (χ0v) is 15.6. The van der Waals surface area contributed by atoms with Crippen LogP contribution in [-0.2, 0) is 22.4 Å². The quantitative estimate of drug-likeness (QED) is 0.318. The van der Waals surface area contributed by atoms with E-state index in [0.717, 1.165) is 43.2 Å². The maximum atomic E-state index is 12.3. The van der Waals surface area contributed by atoms with Gasteiger partial charge in [0.05, 0.1) is 6.61 Å². The van der Waals surface area contributed by atoms with Crippen molar-refractivity contribution in [3.8, 4) is 0 Å². The van der Waals surface area contributed by atoms with Crippen molar-refractivity contribution in [3.05, 3.63) is 71.3 Å². The molecule has 2 aromatic carbocycles. The Morgan fingerprint density at radius 1 is 0.808 bits per heavy atom. The Kier molecular flexibility index (Phi) is 8.61. The Hall–Kier alpha value is -2.42. The number of ether oxygens (including phenoxy) is 1. The van der Waals surface area contributed by atoms with Crippen LogP contribution in [-0.4, -0.2) is 18.4 Å². The summed E-state index contributed by atoms with van der Waals surface area (Å²) in [5, 5.41) is 0. The van der Waals surface area contributed by atoms with E-state index in [-0.39, 0.29) is 11.8 Å². The van der Waals surface area contributed by atoms with Crippen LogP contribution < -0.4 is 0 Å². The van der Waals surface area contributed by atoms with Crippen LogP contribution in [0.4, 0.5) is 0 Å². The predicted octanol–water partition coefficient (Wildman–Crippen LogP) is 5.17. The molecule has 0 aromatic heterocycles. The molecule has 0 saturated carbocycles. The average molecular weight is 352 g/mol. The summed E-state index contributed by atoms with van der Waals surface area (Å²) >= 11 is 0. The summed E-state index contributed by atoms with van der Waals surface area (Å²) in [5.74, 6) is 0.0602. The molecule has 3 heteroatoms. The first-order valence-electron chi connectivity index (χ1n) is 9.50. The van der Waals surface area contributed by atoms with E-state index >= 15 is 0 Å². The number of hydrogen-bond donors (Lipinski definition) is 0. The Balaban J connectivity index is 1.67. The Morgan fingerprint density at radius 2 is 1.50 bits per heavy atom. The third-order valence-electron chi connectivity index (χ3n) is 4.39. The highest BCUT2D eigenvalue weighted by atomic mass is 16.5. The molecule has 0 spiro atoms. The Labute approximate surface area is 156 Å². The summed E-state index contributed by atoms with van der Waals surface area (Å²) in [6.07, 6.45) is 6.12. The highest BCUT2D eigenvalue weighted by Crippen LogP contribution is 2.13. The molecule has 26 heavy (non-hydrogen) atoms. The molecule has 0 radical (unpaired) electrons. The summed E-state index contributed by atoms with van der Waals surface area (Å²) < 4.78 is 4.92. The molecular weight excluding hydrogens is 324 g/mol. The van der Waals surface area contributed by atoms with Gasteiger partial charge in [-0.3, -0.25) is 9.59 Å². The third-order valence-corrected chi connectivity index (χ3v) is 4.39. The first kappa shape index (κ1) is 19.9. The number of Topliss-reactive ketones (excluding diaryl/α,β-unsaturated/α-hetero) is 1. The summed E-state index contributed by atoms with van der Waals surface area (Å²) in [6.45, 7) is 2.29. The van der Waals surface area contributed by atoms with Crippen molar-refractivity contribution in [1.82, 2.24) is 0 Å². The monoisotopic (exact) mass is 352 g/mol. The summed E-state index contributed by atoms with van der Waals surface area (Å²) in [4.78, 5) is 23.6. The maximum absolute atomic E-state index is 12.3. The summed E-state index contributed by atoms with van der Waals surface area (Å²) in [5.41, 5.74) is 3.07. The number of carbonyl (C=O) groups is 2. The number of hydrogen-bond acceptors (Lipinski definition) is 3. The van der Waals surface area contributed by atoms with Crippen LogP contribution in [0, 0.1) is 0 Å². The molecule has 0 amide bonds. The molecule has 0 fully saturated rings. The predicted molar refractivity (Wildman–Crippen MR) is 104 cm³/mol. The zero-order chi connectivity index (χ0) is 18.6. The van der Waals surface area contributed by atoms with Gasteiger partial charge in [0.25, 0.3) is 0 Å². The van der Waals surface area contributed by atoms with Gasteiger partial charge in [-0.2, -0.15) is 0 Å². The molecule has 0 heterocycles. The molecule has 138 valence electrons. The minimum absolute atomic E-state index is 0.0942. The molecule has 0 atom stereocenters. The lowest BCUT2D eigenvalue weighted by Crippen LogP contribution is -2.03. The maximum Gasteiger partial charge on any atom is 0.305 e. The van der Waals surface area contributed by atoms with Crippen molar-refractivity contribution in [2.24, 2.45) is 0 Å². The van der Waals surface area contributed by atoms with E-state index in [1.807, 2.05) is 49.4 Å². The van der Waals surface area contributed by atoms with Crippen molar-refractivity contribution in [3.63, 3.8) is 0 Å². The van der Waals surface area contributed by atoms with Crippen LogP contribution in [0.3, 0.4) is 0 Å². The van der Waals surface area contributed by atoms with Gasteiger partial charge < -0.3 is 4.74 Å². The average Bonchev–Trinajstić information content (AvgIpc) is 2.66. The van der Waals surface area contributed by atoms with Crippen LogP contribution in [0.15, 0.2) is 54.6 Å². The molecule has 2 aromatic rings. The van der Waals surface area contributed by atoms with Crippen molar-refractivity contribution < 1.29 is 14.3 Å². The smallest absolute Gasteiger partial charge is 0.305 e. The van der Waals surface area contributed by atoms with Crippen LogP contribution >= 0.6 is 0 Å². The zero-order valence-electron chi connectivity index (χ0n) is 15.6. The number of unbranched alkanes of at least 4 members (excludes halogenated alkanes) is 3. The minimum Gasteiger partial charge on any atom is -0.466 e. The fraction of sp³-hybridized carbons (Fsp3) is 0.391. The van der Waals surface area contributed by atoms with Gasteiger partial charge >= 0.3 is 5.97 Å². The van der Waals surface area contributed by atoms with E-state index in [9.17, 15) is 9.59 Å². The van der Waals surface area contributed by atoms with Crippen molar-refractivity contribution in [2.75, 3.05) is 6.61 Å². The highest BCUT2D eigenvalue weighted by molar-refractivity contribution is 5.97. The highest BCUT2D eigenvalue weighted by Gasteiger charge is 2.07. The SMILES string of the molecule is CCOC(=O)CCCCCCc1ccc(C(=O)Cc2ccccc2)cc1. The van der Waals surface area contributed by atoms with Gasteiger partial charge in [0.1, 0.15) is 0 Å². The van der Waals surface area contributed by atoms with Crippen molar-refractivity contribution in [2.45, 2.75) is 51.9 Å². The van der Waals surface area contributed by atoms with Gasteiger partial charge in [-0.1, -0.05) is 67.4 Å². The van der Waals surface area contributed by atoms with Gasteiger partial charge in [-0.05, 0) is 37.3 Å². The summed E-state index contributed by atoms with van der Waals surface area (Å²) in [6, 6.07) is 17.8. The molecule has 3 nitrogen and oxygen atoms in total. The van der Waals surface area contributed by atoms with Gasteiger partial charge in [0.15, 0.2) is 5.78 Å². The lowest BCUT2D eigenvalue weighted by Gasteiger charge is -2.05. The molecule has 0 aliphatic carbocycles. The van der Waals surface area contributed by atoms with Crippen LogP contribution in [0.2, 0.25) is 0 Å². The Bertz CT molecular complexity index is 674. The number of benzene rings is 2. The second kappa shape index (κ2) is 11.2. The molecule has 0 unspecified atom stereocenters. The van der Waals surface area contributed by atoms with E-state index in [0.29, 0.717) is 19.4 Å². The van der Waals surface area contributed by atoms with Crippen LogP contribution in [0.25, 0.3) is 0 Å². The van der Waals surface area contributed by atoms with E-state index < -0.39 is 0 Å².